The second-order valence-electron chi connectivity index (χ2n) is 3.77. The van der Waals surface area contributed by atoms with E-state index in [-0.39, 0.29) is 30.7 Å². The zero-order chi connectivity index (χ0) is 13.3. The predicted octanol–water partition coefficient (Wildman–Crippen LogP) is 1.01. The van der Waals surface area contributed by atoms with Crippen LogP contribution in [0.1, 0.15) is 5.82 Å². The number of nitro groups is 1. The summed E-state index contributed by atoms with van der Waals surface area (Å²) in [6.45, 7) is 2.10. The molecule has 0 spiro atoms. The van der Waals surface area contributed by atoms with Gasteiger partial charge in [0.15, 0.2) is 17.6 Å². The first-order valence-corrected chi connectivity index (χ1v) is 5.24. The van der Waals surface area contributed by atoms with Crippen LogP contribution in [0.3, 0.4) is 0 Å². The summed E-state index contributed by atoms with van der Waals surface area (Å²) < 4.78 is 2.67. The summed E-state index contributed by atoms with van der Waals surface area (Å²) in [4.78, 5) is 14.1. The van der Waals surface area contributed by atoms with Gasteiger partial charge in [-0.3, -0.25) is 4.57 Å². The molecular formula is C10H12N4O4. The Morgan fingerprint density at radius 3 is 2.39 bits per heavy atom. The van der Waals surface area contributed by atoms with E-state index in [1.807, 2.05) is 0 Å². The molecular weight excluding hydrogens is 240 g/mol. The molecule has 2 heterocycles. The monoisotopic (exact) mass is 252 g/mol. The highest BCUT2D eigenvalue weighted by atomic mass is 16.6. The van der Waals surface area contributed by atoms with Gasteiger partial charge in [-0.2, -0.15) is 0 Å². The molecule has 2 aromatic rings. The summed E-state index contributed by atoms with van der Waals surface area (Å²) in [5.41, 5.74) is 0. The van der Waals surface area contributed by atoms with Crippen LogP contribution in [-0.4, -0.2) is 29.3 Å². The largest absolute Gasteiger partial charge is 0.494 e. The molecule has 0 aliphatic heterocycles. The smallest absolute Gasteiger partial charge is 0.342 e. The molecule has 96 valence electrons. The summed E-state index contributed by atoms with van der Waals surface area (Å²) >= 11 is 0. The summed E-state index contributed by atoms with van der Waals surface area (Å²) in [5.74, 6) is 0.215. The van der Waals surface area contributed by atoms with Gasteiger partial charge in [-0.1, -0.05) is 0 Å². The van der Waals surface area contributed by atoms with Crippen molar-refractivity contribution in [2.45, 2.75) is 20.0 Å². The zero-order valence-electron chi connectivity index (χ0n) is 9.65. The molecule has 0 bridgehead atoms. The van der Waals surface area contributed by atoms with Crippen LogP contribution in [0.5, 0.6) is 11.8 Å². The Hall–Kier alpha value is -2.51. The van der Waals surface area contributed by atoms with E-state index < -0.39 is 4.92 Å². The van der Waals surface area contributed by atoms with E-state index in [0.29, 0.717) is 5.82 Å². The minimum Gasteiger partial charge on any atom is -0.494 e. The van der Waals surface area contributed by atoms with E-state index >= 15 is 0 Å². The molecule has 8 heteroatoms. The van der Waals surface area contributed by atoms with Crippen molar-refractivity contribution >= 4 is 5.82 Å². The van der Waals surface area contributed by atoms with E-state index in [0.717, 1.165) is 0 Å². The Labute approximate surface area is 102 Å². The lowest BCUT2D eigenvalue weighted by Gasteiger charge is -2.06. The lowest BCUT2D eigenvalue weighted by molar-refractivity contribution is -0.392. The van der Waals surface area contributed by atoms with Crippen LogP contribution >= 0.6 is 0 Å². The van der Waals surface area contributed by atoms with E-state index in [2.05, 4.69) is 4.98 Å². The number of nitrogens with zero attached hydrogens (tertiary/aromatic N) is 4. The topological polar surface area (TPSA) is 106 Å². The van der Waals surface area contributed by atoms with Crippen LogP contribution in [0.15, 0.2) is 18.3 Å². The molecule has 0 fully saturated rings. The van der Waals surface area contributed by atoms with Crippen LogP contribution in [0, 0.1) is 17.0 Å². The third kappa shape index (κ3) is 1.99. The van der Waals surface area contributed by atoms with Crippen molar-refractivity contribution in [1.29, 1.82) is 0 Å². The van der Waals surface area contributed by atoms with Crippen molar-refractivity contribution in [2.75, 3.05) is 0 Å². The minimum absolute atomic E-state index is 0.0899. The average Bonchev–Trinajstić information content (AvgIpc) is 2.82. The lowest BCUT2D eigenvalue weighted by atomic mass is 10.5. The van der Waals surface area contributed by atoms with Gasteiger partial charge < -0.3 is 20.3 Å². The highest BCUT2D eigenvalue weighted by Gasteiger charge is 2.17. The number of aromatic nitrogens is 3. The van der Waals surface area contributed by atoms with Crippen molar-refractivity contribution in [1.82, 2.24) is 14.1 Å². The fourth-order valence-electron chi connectivity index (χ4n) is 1.75. The van der Waals surface area contributed by atoms with Gasteiger partial charge in [0.25, 0.3) is 0 Å². The van der Waals surface area contributed by atoms with Crippen LogP contribution in [-0.2, 0) is 13.1 Å². The van der Waals surface area contributed by atoms with Gasteiger partial charge in [0, 0.05) is 19.1 Å². The molecule has 2 aromatic heterocycles. The van der Waals surface area contributed by atoms with Gasteiger partial charge in [-0.25, -0.2) is 9.55 Å². The van der Waals surface area contributed by atoms with E-state index in [1.165, 1.54) is 27.5 Å². The SMILES string of the molecule is Cc1ncc([N+](=O)[O-])n1CCn1c(O)ccc1O. The average molecular weight is 252 g/mol. The molecule has 0 saturated carbocycles. The van der Waals surface area contributed by atoms with Crippen molar-refractivity contribution < 1.29 is 15.1 Å². The van der Waals surface area contributed by atoms with Gasteiger partial charge >= 0.3 is 5.82 Å². The van der Waals surface area contributed by atoms with Crippen LogP contribution < -0.4 is 0 Å². The Bertz CT molecular complexity index is 567. The van der Waals surface area contributed by atoms with Crippen molar-refractivity contribution in [3.05, 3.63) is 34.3 Å². The van der Waals surface area contributed by atoms with Crippen molar-refractivity contribution in [2.24, 2.45) is 0 Å². The highest BCUT2D eigenvalue weighted by Crippen LogP contribution is 2.22. The Morgan fingerprint density at radius 1 is 1.28 bits per heavy atom. The van der Waals surface area contributed by atoms with Crippen LogP contribution in [0.2, 0.25) is 0 Å². The second-order valence-corrected chi connectivity index (χ2v) is 3.77. The maximum atomic E-state index is 10.8. The minimum atomic E-state index is -0.518. The highest BCUT2D eigenvalue weighted by molar-refractivity contribution is 5.24. The first kappa shape index (κ1) is 12.0. The normalized spacial score (nSPS) is 10.7. The van der Waals surface area contributed by atoms with Gasteiger partial charge in [-0.05, 0) is 4.92 Å². The molecule has 0 unspecified atom stereocenters. The number of rotatable bonds is 4. The maximum absolute atomic E-state index is 10.8. The van der Waals surface area contributed by atoms with E-state index in [9.17, 15) is 20.3 Å². The fourth-order valence-corrected chi connectivity index (χ4v) is 1.75. The molecule has 2 N–H and O–H groups in total. The quantitative estimate of drug-likeness (QED) is 0.624. The lowest BCUT2D eigenvalue weighted by Crippen LogP contribution is -2.10. The summed E-state index contributed by atoms with van der Waals surface area (Å²) in [6.07, 6.45) is 1.19. The van der Waals surface area contributed by atoms with Gasteiger partial charge in [0.05, 0.1) is 6.54 Å². The number of hydrogen-bond acceptors (Lipinski definition) is 5. The number of aryl methyl sites for hydroxylation is 1. The molecule has 0 aromatic carbocycles. The molecule has 0 saturated heterocycles. The van der Waals surface area contributed by atoms with Gasteiger partial charge in [-0.15, -0.1) is 0 Å². The van der Waals surface area contributed by atoms with E-state index in [1.54, 1.807) is 6.92 Å². The van der Waals surface area contributed by atoms with Gasteiger partial charge in [0.1, 0.15) is 12.7 Å². The fraction of sp³-hybridized carbons (Fsp3) is 0.300. The van der Waals surface area contributed by atoms with Crippen molar-refractivity contribution in [3.8, 4) is 11.8 Å². The first-order valence-electron chi connectivity index (χ1n) is 5.24. The van der Waals surface area contributed by atoms with Crippen LogP contribution in [0.25, 0.3) is 0 Å². The first-order chi connectivity index (χ1) is 8.50. The predicted molar refractivity (Wildman–Crippen MR) is 61.4 cm³/mol. The van der Waals surface area contributed by atoms with Crippen LogP contribution in [0.4, 0.5) is 5.82 Å². The standard InChI is InChI=1S/C10H12N4O4/c1-7-11-6-8(14(17)18)12(7)4-5-13-9(15)2-3-10(13)16/h2-3,6,15-16H,4-5H2,1H3. The third-order valence-corrected chi connectivity index (χ3v) is 2.70. The molecule has 8 nitrogen and oxygen atoms in total. The molecule has 0 amide bonds. The summed E-state index contributed by atoms with van der Waals surface area (Å²) in [6, 6.07) is 2.70. The second kappa shape index (κ2) is 4.40. The molecule has 18 heavy (non-hydrogen) atoms. The maximum Gasteiger partial charge on any atom is 0.342 e. The molecule has 0 atom stereocenters. The summed E-state index contributed by atoms with van der Waals surface area (Å²) in [5, 5.41) is 29.7. The zero-order valence-corrected chi connectivity index (χ0v) is 9.65. The molecule has 0 aliphatic carbocycles. The molecule has 2 rings (SSSR count). The molecule has 0 radical (unpaired) electrons. The Morgan fingerprint density at radius 2 is 1.83 bits per heavy atom. The van der Waals surface area contributed by atoms with Crippen molar-refractivity contribution in [3.63, 3.8) is 0 Å². The van der Waals surface area contributed by atoms with E-state index in [4.69, 9.17) is 0 Å². The number of imidazole rings is 1. The number of aromatic hydroxyl groups is 2. The van der Waals surface area contributed by atoms with Gasteiger partial charge in [0.2, 0.25) is 0 Å². The number of hydrogen-bond donors (Lipinski definition) is 2. The Kier molecular flexibility index (Phi) is 2.92. The summed E-state index contributed by atoms with van der Waals surface area (Å²) in [7, 11) is 0. The Balaban J connectivity index is 2.21. The third-order valence-electron chi connectivity index (χ3n) is 2.70. The molecule has 0 aliphatic rings.